The van der Waals surface area contributed by atoms with Crippen LogP contribution in [0.1, 0.15) is 6.92 Å². The van der Waals surface area contributed by atoms with Crippen LogP contribution in [-0.2, 0) is 14.3 Å². The third kappa shape index (κ3) is 4.11. The molecular weight excluding hydrogens is 268 g/mol. The highest BCUT2D eigenvalue weighted by Crippen LogP contribution is 2.27. The third-order valence-corrected chi connectivity index (χ3v) is 2.56. The van der Waals surface area contributed by atoms with Gasteiger partial charge in [0.2, 0.25) is 5.82 Å². The van der Waals surface area contributed by atoms with Gasteiger partial charge in [0.1, 0.15) is 12.7 Å². The van der Waals surface area contributed by atoms with Crippen LogP contribution in [0.5, 0.6) is 5.75 Å². The molecule has 0 spiro atoms. The van der Waals surface area contributed by atoms with E-state index in [0.717, 1.165) is 18.4 Å². The van der Waals surface area contributed by atoms with Crippen molar-refractivity contribution in [2.45, 2.75) is 13.0 Å². The van der Waals surface area contributed by atoms with Crippen LogP contribution >= 0.6 is 0 Å². The Labute approximate surface area is 104 Å². The molecule has 0 radical (unpaired) electrons. The lowest BCUT2D eigenvalue weighted by atomic mass is 10.2. The lowest BCUT2D eigenvalue weighted by Crippen LogP contribution is -2.22. The summed E-state index contributed by atoms with van der Waals surface area (Å²) in [5.41, 5.74) is 5.33. The highest BCUT2D eigenvalue weighted by atomic mass is 32.2. The lowest BCUT2D eigenvalue weighted by molar-refractivity contribution is 0.146. The molecule has 0 saturated carbocycles. The van der Waals surface area contributed by atoms with Gasteiger partial charge < -0.3 is 10.5 Å². The molecule has 1 aromatic rings. The van der Waals surface area contributed by atoms with Crippen molar-refractivity contribution in [3.8, 4) is 5.75 Å². The number of rotatable bonds is 5. The van der Waals surface area contributed by atoms with Crippen molar-refractivity contribution < 1.29 is 26.1 Å². The van der Waals surface area contributed by atoms with Crippen LogP contribution in [-0.4, -0.2) is 27.4 Å². The Bertz CT molecular complexity index is 533. The van der Waals surface area contributed by atoms with E-state index >= 15 is 0 Å². The van der Waals surface area contributed by atoms with Crippen molar-refractivity contribution in [1.29, 1.82) is 0 Å². The highest BCUT2D eigenvalue weighted by molar-refractivity contribution is 7.86. The zero-order chi connectivity index (χ0) is 13.9. The molecule has 18 heavy (non-hydrogen) atoms. The summed E-state index contributed by atoms with van der Waals surface area (Å²) in [6, 6.07) is 2.02. The largest absolute Gasteiger partial charge is 0.485 e. The maximum atomic E-state index is 13.3. The van der Waals surface area contributed by atoms with E-state index in [-0.39, 0.29) is 12.3 Å². The Balaban J connectivity index is 2.72. The monoisotopic (exact) mass is 281 g/mol. The summed E-state index contributed by atoms with van der Waals surface area (Å²) in [7, 11) is -3.64. The molecular formula is C10H13F2NO4S. The molecule has 1 atom stereocenters. The van der Waals surface area contributed by atoms with E-state index < -0.39 is 33.6 Å². The summed E-state index contributed by atoms with van der Waals surface area (Å²) in [6.07, 6.45) is 0.0303. The van der Waals surface area contributed by atoms with Crippen LogP contribution in [0, 0.1) is 11.6 Å². The molecule has 1 rings (SSSR count). The molecule has 0 amide bonds. The predicted octanol–water partition coefficient (Wildman–Crippen LogP) is 1.29. The zero-order valence-electron chi connectivity index (χ0n) is 9.81. The second kappa shape index (κ2) is 5.49. The number of halogens is 2. The molecule has 5 nitrogen and oxygen atoms in total. The SMILES string of the molecule is C[C@H](COc1c(N)ccc(F)c1F)OS(C)(=O)=O. The van der Waals surface area contributed by atoms with Crippen molar-refractivity contribution in [1.82, 2.24) is 0 Å². The van der Waals surface area contributed by atoms with Crippen LogP contribution in [0.25, 0.3) is 0 Å². The number of hydrogen-bond donors (Lipinski definition) is 1. The quantitative estimate of drug-likeness (QED) is 0.650. The van der Waals surface area contributed by atoms with Crippen molar-refractivity contribution in [2.75, 3.05) is 18.6 Å². The standard InChI is InChI=1S/C10H13F2NO4S/c1-6(17-18(2,14)15)5-16-10-8(13)4-3-7(11)9(10)12/h3-4,6H,5,13H2,1-2H3/t6-/m1/s1. The first kappa shape index (κ1) is 14.7. The molecule has 0 aliphatic rings. The number of nitrogens with two attached hydrogens (primary N) is 1. The van der Waals surface area contributed by atoms with Gasteiger partial charge in [0.15, 0.2) is 11.6 Å². The van der Waals surface area contributed by atoms with Gasteiger partial charge in [-0.1, -0.05) is 0 Å². The fraction of sp³-hybridized carbons (Fsp3) is 0.400. The van der Waals surface area contributed by atoms with Gasteiger partial charge in [0.25, 0.3) is 10.1 Å². The Morgan fingerprint density at radius 1 is 1.39 bits per heavy atom. The van der Waals surface area contributed by atoms with Crippen LogP contribution in [0.15, 0.2) is 12.1 Å². The Hall–Kier alpha value is -1.41. The molecule has 0 aromatic heterocycles. The summed E-state index contributed by atoms with van der Waals surface area (Å²) < 4.78 is 57.3. The minimum Gasteiger partial charge on any atom is -0.485 e. The predicted molar refractivity (Wildman–Crippen MR) is 61.7 cm³/mol. The molecule has 0 fully saturated rings. The van der Waals surface area contributed by atoms with Crippen molar-refractivity contribution in [3.05, 3.63) is 23.8 Å². The van der Waals surface area contributed by atoms with Gasteiger partial charge in [-0.25, -0.2) is 4.39 Å². The van der Waals surface area contributed by atoms with Crippen molar-refractivity contribution in [2.24, 2.45) is 0 Å². The summed E-state index contributed by atoms with van der Waals surface area (Å²) in [4.78, 5) is 0. The van der Waals surface area contributed by atoms with Crippen LogP contribution in [0.2, 0.25) is 0 Å². The van der Waals surface area contributed by atoms with Gasteiger partial charge >= 0.3 is 0 Å². The van der Waals surface area contributed by atoms with E-state index in [9.17, 15) is 17.2 Å². The normalized spacial score (nSPS) is 13.3. The van der Waals surface area contributed by atoms with E-state index in [2.05, 4.69) is 4.18 Å². The fourth-order valence-corrected chi connectivity index (χ4v) is 1.87. The van der Waals surface area contributed by atoms with Gasteiger partial charge in [-0.05, 0) is 19.1 Å². The number of anilines is 1. The first-order valence-electron chi connectivity index (χ1n) is 4.95. The molecule has 0 aliphatic carbocycles. The number of ether oxygens (including phenoxy) is 1. The minimum absolute atomic E-state index is 0.0829. The average Bonchev–Trinajstić information content (AvgIpc) is 2.21. The highest BCUT2D eigenvalue weighted by Gasteiger charge is 2.16. The molecule has 0 unspecified atom stereocenters. The molecule has 102 valence electrons. The van der Waals surface area contributed by atoms with E-state index in [1.807, 2.05) is 0 Å². The molecule has 1 aromatic carbocycles. The average molecular weight is 281 g/mol. The maximum Gasteiger partial charge on any atom is 0.264 e. The van der Waals surface area contributed by atoms with Gasteiger partial charge in [0, 0.05) is 0 Å². The first-order valence-corrected chi connectivity index (χ1v) is 6.77. The van der Waals surface area contributed by atoms with Crippen LogP contribution in [0.3, 0.4) is 0 Å². The van der Waals surface area contributed by atoms with Crippen LogP contribution in [0.4, 0.5) is 14.5 Å². The molecule has 0 heterocycles. The topological polar surface area (TPSA) is 78.6 Å². The summed E-state index contributed by atoms with van der Waals surface area (Å²) >= 11 is 0. The van der Waals surface area contributed by atoms with Gasteiger partial charge in [-0.3, -0.25) is 4.18 Å². The fourth-order valence-electron chi connectivity index (χ4n) is 1.22. The van der Waals surface area contributed by atoms with E-state index in [0.29, 0.717) is 0 Å². The third-order valence-electron chi connectivity index (χ3n) is 1.88. The number of nitrogen functional groups attached to an aromatic ring is 1. The summed E-state index contributed by atoms with van der Waals surface area (Å²) in [6.45, 7) is 1.13. The molecule has 2 N–H and O–H groups in total. The van der Waals surface area contributed by atoms with E-state index in [4.69, 9.17) is 10.5 Å². The summed E-state index contributed by atoms with van der Waals surface area (Å²) in [5, 5.41) is 0. The summed E-state index contributed by atoms with van der Waals surface area (Å²) in [5.74, 6) is -2.78. The van der Waals surface area contributed by atoms with Crippen molar-refractivity contribution >= 4 is 15.8 Å². The lowest BCUT2D eigenvalue weighted by Gasteiger charge is -2.14. The first-order chi connectivity index (χ1) is 8.20. The molecule has 0 bridgehead atoms. The van der Waals surface area contributed by atoms with Gasteiger partial charge in [-0.2, -0.15) is 12.8 Å². The number of hydrogen-bond acceptors (Lipinski definition) is 5. The Kier molecular flexibility index (Phi) is 4.47. The van der Waals surface area contributed by atoms with Crippen molar-refractivity contribution in [3.63, 3.8) is 0 Å². The number of benzene rings is 1. The zero-order valence-corrected chi connectivity index (χ0v) is 10.6. The minimum atomic E-state index is -3.64. The maximum absolute atomic E-state index is 13.3. The Morgan fingerprint density at radius 2 is 2.00 bits per heavy atom. The molecule has 0 aliphatic heterocycles. The van der Waals surface area contributed by atoms with Gasteiger partial charge in [0.05, 0.1) is 11.9 Å². The molecule has 0 saturated heterocycles. The second-order valence-corrected chi connectivity index (χ2v) is 5.30. The smallest absolute Gasteiger partial charge is 0.264 e. The van der Waals surface area contributed by atoms with E-state index in [1.54, 1.807) is 0 Å². The second-order valence-electron chi connectivity index (χ2n) is 3.70. The van der Waals surface area contributed by atoms with Gasteiger partial charge in [-0.15, -0.1) is 0 Å². The Morgan fingerprint density at radius 3 is 2.56 bits per heavy atom. The molecule has 8 heteroatoms. The van der Waals surface area contributed by atoms with E-state index in [1.165, 1.54) is 6.92 Å². The van der Waals surface area contributed by atoms with Crippen LogP contribution < -0.4 is 10.5 Å².